The zero-order valence-corrected chi connectivity index (χ0v) is 7.57. The van der Waals surface area contributed by atoms with E-state index in [-0.39, 0.29) is 11.5 Å². The number of benzene rings is 1. The molecule has 0 saturated carbocycles. The number of hydrogen-bond donors (Lipinski definition) is 2. The smallest absolute Gasteiger partial charge is 0.124 e. The monoisotopic (exact) mass is 177 g/mol. The highest BCUT2D eigenvalue weighted by molar-refractivity contribution is 5.45. The molecule has 0 saturated heterocycles. The van der Waals surface area contributed by atoms with Crippen LogP contribution in [0.2, 0.25) is 0 Å². The van der Waals surface area contributed by atoms with Gasteiger partial charge in [0, 0.05) is 11.6 Å². The Bertz CT molecular complexity index is 364. The lowest BCUT2D eigenvalue weighted by atomic mass is 9.86. The van der Waals surface area contributed by atoms with Crippen LogP contribution in [0, 0.1) is 11.3 Å². The molecule has 0 aliphatic heterocycles. The van der Waals surface area contributed by atoms with Crippen LogP contribution >= 0.6 is 0 Å². The van der Waals surface area contributed by atoms with Gasteiger partial charge in [-0.05, 0) is 19.9 Å². The summed E-state index contributed by atoms with van der Waals surface area (Å²) in [4.78, 5) is 0. The molecule has 0 spiro atoms. The number of nitrogens with zero attached hydrogens (tertiary/aromatic N) is 1. The zero-order chi connectivity index (χ0) is 10.1. The molecule has 0 amide bonds. The summed E-state index contributed by atoms with van der Waals surface area (Å²) >= 11 is 0. The second-order valence-electron chi connectivity index (χ2n) is 3.44. The summed E-state index contributed by atoms with van der Waals surface area (Å²) in [5.74, 6) is -0.0541. The molecule has 0 aliphatic carbocycles. The Morgan fingerprint density at radius 3 is 2.38 bits per heavy atom. The number of phenolic OH excluding ortho intramolecular Hbond substituents is 2. The first kappa shape index (κ1) is 9.40. The van der Waals surface area contributed by atoms with Gasteiger partial charge in [-0.1, -0.05) is 6.07 Å². The fraction of sp³-hybridized carbons (Fsp3) is 0.300. The van der Waals surface area contributed by atoms with E-state index in [9.17, 15) is 5.11 Å². The van der Waals surface area contributed by atoms with Crippen molar-refractivity contribution in [3.8, 4) is 17.6 Å². The molecule has 0 unspecified atom stereocenters. The van der Waals surface area contributed by atoms with Crippen LogP contribution in [0.1, 0.15) is 19.4 Å². The molecular formula is C10H11NO2. The van der Waals surface area contributed by atoms with E-state index in [1.807, 2.05) is 0 Å². The van der Waals surface area contributed by atoms with Gasteiger partial charge in [-0.3, -0.25) is 0 Å². The maximum absolute atomic E-state index is 9.45. The van der Waals surface area contributed by atoms with E-state index in [4.69, 9.17) is 10.4 Å². The minimum absolute atomic E-state index is 0.00464. The first-order valence-electron chi connectivity index (χ1n) is 3.91. The quantitative estimate of drug-likeness (QED) is 0.688. The molecule has 3 nitrogen and oxygen atoms in total. The lowest BCUT2D eigenvalue weighted by Gasteiger charge is -2.16. The summed E-state index contributed by atoms with van der Waals surface area (Å²) in [6.07, 6.45) is 0. The molecule has 0 aliphatic rings. The van der Waals surface area contributed by atoms with Crippen LogP contribution in [-0.2, 0) is 5.41 Å². The van der Waals surface area contributed by atoms with Crippen LogP contribution in [0.5, 0.6) is 11.5 Å². The average molecular weight is 177 g/mol. The first-order valence-corrected chi connectivity index (χ1v) is 3.91. The van der Waals surface area contributed by atoms with Crippen molar-refractivity contribution < 1.29 is 10.2 Å². The van der Waals surface area contributed by atoms with Gasteiger partial charge in [-0.25, -0.2) is 0 Å². The lowest BCUT2D eigenvalue weighted by Crippen LogP contribution is -2.13. The molecule has 0 fully saturated rings. The molecular weight excluding hydrogens is 166 g/mol. The fourth-order valence-corrected chi connectivity index (χ4v) is 1.11. The van der Waals surface area contributed by atoms with E-state index in [1.54, 1.807) is 19.9 Å². The van der Waals surface area contributed by atoms with Crippen LogP contribution in [0.25, 0.3) is 0 Å². The lowest BCUT2D eigenvalue weighted by molar-refractivity contribution is 0.438. The normalized spacial score (nSPS) is 10.8. The molecule has 1 aromatic carbocycles. The van der Waals surface area contributed by atoms with Crippen LogP contribution in [0.15, 0.2) is 18.2 Å². The highest BCUT2D eigenvalue weighted by Crippen LogP contribution is 2.32. The van der Waals surface area contributed by atoms with Gasteiger partial charge in [0.1, 0.15) is 11.5 Å². The minimum atomic E-state index is -0.738. The van der Waals surface area contributed by atoms with Crippen molar-refractivity contribution in [3.05, 3.63) is 23.8 Å². The molecule has 0 atom stereocenters. The third-order valence-electron chi connectivity index (χ3n) is 1.93. The van der Waals surface area contributed by atoms with Gasteiger partial charge in [0.15, 0.2) is 0 Å². The number of nitriles is 1. The zero-order valence-electron chi connectivity index (χ0n) is 7.57. The number of hydrogen-bond acceptors (Lipinski definition) is 3. The van der Waals surface area contributed by atoms with Crippen molar-refractivity contribution in [2.24, 2.45) is 0 Å². The molecule has 2 N–H and O–H groups in total. The van der Waals surface area contributed by atoms with Gasteiger partial charge >= 0.3 is 0 Å². The Morgan fingerprint density at radius 1 is 1.31 bits per heavy atom. The van der Waals surface area contributed by atoms with E-state index in [2.05, 4.69) is 6.07 Å². The Labute approximate surface area is 76.9 Å². The van der Waals surface area contributed by atoms with Gasteiger partial charge in [0.2, 0.25) is 0 Å². The Hall–Kier alpha value is -1.69. The maximum atomic E-state index is 9.45. The molecule has 1 aromatic rings. The number of aromatic hydroxyl groups is 2. The van der Waals surface area contributed by atoms with Crippen LogP contribution in [-0.4, -0.2) is 10.2 Å². The summed E-state index contributed by atoms with van der Waals surface area (Å²) in [5, 5.41) is 27.3. The summed E-state index contributed by atoms with van der Waals surface area (Å²) in [6.45, 7) is 3.41. The van der Waals surface area contributed by atoms with Crippen molar-refractivity contribution in [2.45, 2.75) is 19.3 Å². The molecule has 13 heavy (non-hydrogen) atoms. The third kappa shape index (κ3) is 1.73. The van der Waals surface area contributed by atoms with Crippen molar-refractivity contribution in [1.29, 1.82) is 5.26 Å². The van der Waals surface area contributed by atoms with Crippen LogP contribution in [0.3, 0.4) is 0 Å². The molecule has 0 heterocycles. The summed E-state index contributed by atoms with van der Waals surface area (Å²) in [7, 11) is 0. The van der Waals surface area contributed by atoms with Gasteiger partial charge in [0.05, 0.1) is 11.5 Å². The standard InChI is InChI=1S/C10H11NO2/c1-10(2,6-11)8-4-3-7(12)5-9(8)13/h3-5,12-13H,1-2H3. The topological polar surface area (TPSA) is 64.2 Å². The number of phenols is 2. The van der Waals surface area contributed by atoms with Crippen molar-refractivity contribution in [3.63, 3.8) is 0 Å². The Morgan fingerprint density at radius 2 is 1.92 bits per heavy atom. The van der Waals surface area contributed by atoms with E-state index in [0.29, 0.717) is 5.56 Å². The van der Waals surface area contributed by atoms with Crippen molar-refractivity contribution >= 4 is 0 Å². The van der Waals surface area contributed by atoms with Crippen LogP contribution < -0.4 is 0 Å². The fourth-order valence-electron chi connectivity index (χ4n) is 1.11. The van der Waals surface area contributed by atoms with Gasteiger partial charge in [-0.2, -0.15) is 5.26 Å². The highest BCUT2D eigenvalue weighted by atomic mass is 16.3. The predicted octanol–water partition coefficient (Wildman–Crippen LogP) is 1.90. The van der Waals surface area contributed by atoms with E-state index in [0.717, 1.165) is 0 Å². The maximum Gasteiger partial charge on any atom is 0.124 e. The minimum Gasteiger partial charge on any atom is -0.508 e. The van der Waals surface area contributed by atoms with E-state index in [1.165, 1.54) is 12.1 Å². The van der Waals surface area contributed by atoms with Crippen LogP contribution in [0.4, 0.5) is 0 Å². The summed E-state index contributed by atoms with van der Waals surface area (Å²) < 4.78 is 0. The van der Waals surface area contributed by atoms with E-state index >= 15 is 0 Å². The number of rotatable bonds is 1. The molecule has 0 bridgehead atoms. The first-order chi connectivity index (χ1) is 5.97. The van der Waals surface area contributed by atoms with E-state index < -0.39 is 5.41 Å². The predicted molar refractivity (Wildman–Crippen MR) is 48.4 cm³/mol. The SMILES string of the molecule is CC(C)(C#N)c1ccc(O)cc1O. The molecule has 3 heteroatoms. The molecule has 68 valence electrons. The largest absolute Gasteiger partial charge is 0.508 e. The average Bonchev–Trinajstić information content (AvgIpc) is 2.03. The molecule has 1 rings (SSSR count). The second-order valence-corrected chi connectivity index (χ2v) is 3.44. The van der Waals surface area contributed by atoms with Crippen molar-refractivity contribution in [2.75, 3.05) is 0 Å². The highest BCUT2D eigenvalue weighted by Gasteiger charge is 2.23. The Balaban J connectivity index is 3.26. The van der Waals surface area contributed by atoms with Crippen molar-refractivity contribution in [1.82, 2.24) is 0 Å². The van der Waals surface area contributed by atoms with Gasteiger partial charge < -0.3 is 10.2 Å². The molecule has 0 aromatic heterocycles. The third-order valence-corrected chi connectivity index (χ3v) is 1.93. The summed E-state index contributed by atoms with van der Waals surface area (Å²) in [6, 6.07) is 6.31. The Kier molecular flexibility index (Phi) is 2.16. The second kappa shape index (κ2) is 2.98. The van der Waals surface area contributed by atoms with Gasteiger partial charge in [-0.15, -0.1) is 0 Å². The van der Waals surface area contributed by atoms with Gasteiger partial charge in [0.25, 0.3) is 0 Å². The summed E-state index contributed by atoms with van der Waals surface area (Å²) in [5.41, 5.74) is -0.217. The molecule has 0 radical (unpaired) electrons.